The van der Waals surface area contributed by atoms with Crippen LogP contribution in [-0.2, 0) is 4.79 Å². The van der Waals surface area contributed by atoms with Gasteiger partial charge in [0.05, 0.1) is 0 Å². The number of guanidine groups is 1. The summed E-state index contributed by atoms with van der Waals surface area (Å²) in [5.74, 6) is -0.497. The lowest BCUT2D eigenvalue weighted by atomic mass is 10.0. The summed E-state index contributed by atoms with van der Waals surface area (Å²) in [6.07, 6.45) is 6.03. The largest absolute Gasteiger partial charge is 0.369 e. The average Bonchev–Trinajstić information content (AvgIpc) is 2.40. The molecule has 0 unspecified atom stereocenters. The fourth-order valence-electron chi connectivity index (χ4n) is 2.11. The molecule has 1 amide bonds. The first-order valence-corrected chi connectivity index (χ1v) is 6.29. The van der Waals surface area contributed by atoms with Gasteiger partial charge in [-0.05, 0) is 12.5 Å². The molecule has 0 aromatic rings. The molecule has 0 atom stereocenters. The SMILES string of the molecule is C=C1C=CC(C(=O)N(C(=N)N)N2CCNCC2)=CC1. The molecule has 0 bridgehead atoms. The fraction of sp³-hybridized carbons (Fsp3) is 0.385. The fourth-order valence-corrected chi connectivity index (χ4v) is 2.11. The Bertz CT molecular complexity index is 460. The molecular formula is C13H19N5O. The number of rotatable bonds is 2. The van der Waals surface area contributed by atoms with Gasteiger partial charge < -0.3 is 11.1 Å². The van der Waals surface area contributed by atoms with Gasteiger partial charge in [-0.3, -0.25) is 10.2 Å². The van der Waals surface area contributed by atoms with E-state index in [4.69, 9.17) is 11.1 Å². The molecule has 0 spiro atoms. The van der Waals surface area contributed by atoms with Gasteiger partial charge in [0, 0.05) is 31.8 Å². The first-order valence-electron chi connectivity index (χ1n) is 6.29. The Hall–Kier alpha value is -1.92. The number of nitrogens with zero attached hydrogens (tertiary/aromatic N) is 2. The maximum absolute atomic E-state index is 12.4. The first kappa shape index (κ1) is 13.5. The van der Waals surface area contributed by atoms with Crippen LogP contribution < -0.4 is 11.1 Å². The van der Waals surface area contributed by atoms with E-state index >= 15 is 0 Å². The van der Waals surface area contributed by atoms with Crippen molar-refractivity contribution in [3.05, 3.63) is 36.0 Å². The van der Waals surface area contributed by atoms with Crippen molar-refractivity contribution >= 4 is 11.9 Å². The van der Waals surface area contributed by atoms with Gasteiger partial charge in [0.2, 0.25) is 5.96 Å². The summed E-state index contributed by atoms with van der Waals surface area (Å²) >= 11 is 0. The van der Waals surface area contributed by atoms with Gasteiger partial charge in [0.25, 0.3) is 5.91 Å². The number of nitrogens with one attached hydrogen (secondary N) is 2. The maximum Gasteiger partial charge on any atom is 0.275 e. The Morgan fingerprint density at radius 2 is 2.11 bits per heavy atom. The Labute approximate surface area is 112 Å². The zero-order chi connectivity index (χ0) is 13.8. The lowest BCUT2D eigenvalue weighted by Crippen LogP contribution is -2.58. The van der Waals surface area contributed by atoms with Crippen LogP contribution in [0.15, 0.2) is 36.0 Å². The van der Waals surface area contributed by atoms with Crippen molar-refractivity contribution in [2.75, 3.05) is 26.2 Å². The Balaban J connectivity index is 2.15. The predicted octanol–water partition coefficient (Wildman–Crippen LogP) is -0.0288. The van der Waals surface area contributed by atoms with E-state index in [-0.39, 0.29) is 11.9 Å². The Morgan fingerprint density at radius 3 is 2.63 bits per heavy atom. The van der Waals surface area contributed by atoms with Crippen molar-refractivity contribution in [1.82, 2.24) is 15.3 Å². The van der Waals surface area contributed by atoms with Gasteiger partial charge in [0.15, 0.2) is 0 Å². The predicted molar refractivity (Wildman–Crippen MR) is 74.2 cm³/mol. The molecule has 1 aliphatic heterocycles. The minimum absolute atomic E-state index is 0.245. The number of hydrogen-bond donors (Lipinski definition) is 3. The molecule has 4 N–H and O–H groups in total. The Kier molecular flexibility index (Phi) is 4.13. The molecule has 0 aromatic heterocycles. The van der Waals surface area contributed by atoms with Crippen molar-refractivity contribution < 1.29 is 4.79 Å². The second-order valence-electron chi connectivity index (χ2n) is 4.56. The minimum Gasteiger partial charge on any atom is -0.369 e. The van der Waals surface area contributed by atoms with Gasteiger partial charge in [-0.1, -0.05) is 24.3 Å². The summed E-state index contributed by atoms with van der Waals surface area (Å²) in [5, 5.41) is 13.9. The lowest BCUT2D eigenvalue weighted by Gasteiger charge is -2.36. The maximum atomic E-state index is 12.4. The number of amides is 1. The summed E-state index contributed by atoms with van der Waals surface area (Å²) < 4.78 is 0. The molecule has 6 heteroatoms. The first-order chi connectivity index (χ1) is 9.09. The van der Waals surface area contributed by atoms with Crippen LogP contribution in [0.4, 0.5) is 0 Å². The van der Waals surface area contributed by atoms with Gasteiger partial charge in [-0.15, -0.1) is 0 Å². The van der Waals surface area contributed by atoms with Gasteiger partial charge >= 0.3 is 0 Å². The van der Waals surface area contributed by atoms with Crippen molar-refractivity contribution in [1.29, 1.82) is 5.41 Å². The normalized spacial score (nSPS) is 20.0. The van der Waals surface area contributed by atoms with Crippen molar-refractivity contribution in [3.63, 3.8) is 0 Å². The zero-order valence-electron chi connectivity index (χ0n) is 10.9. The number of hydrazine groups is 1. The van der Waals surface area contributed by atoms with Crippen LogP contribution in [0.25, 0.3) is 0 Å². The number of hydrogen-bond acceptors (Lipinski definition) is 4. The third kappa shape index (κ3) is 3.10. The van der Waals surface area contributed by atoms with Gasteiger partial charge in [0.1, 0.15) is 0 Å². The third-order valence-electron chi connectivity index (χ3n) is 3.13. The molecule has 1 saturated heterocycles. The van der Waals surface area contributed by atoms with Crippen LogP contribution >= 0.6 is 0 Å². The van der Waals surface area contributed by atoms with Crippen LogP contribution in [0.2, 0.25) is 0 Å². The van der Waals surface area contributed by atoms with Crippen LogP contribution in [-0.4, -0.2) is 48.1 Å². The summed E-state index contributed by atoms with van der Waals surface area (Å²) in [6, 6.07) is 0. The van der Waals surface area contributed by atoms with E-state index in [1.165, 1.54) is 5.01 Å². The third-order valence-corrected chi connectivity index (χ3v) is 3.13. The van der Waals surface area contributed by atoms with Crippen molar-refractivity contribution in [3.8, 4) is 0 Å². The number of piperazine rings is 1. The van der Waals surface area contributed by atoms with Crippen LogP contribution in [0, 0.1) is 5.41 Å². The second kappa shape index (κ2) is 5.81. The highest BCUT2D eigenvalue weighted by molar-refractivity contribution is 6.05. The smallest absolute Gasteiger partial charge is 0.275 e. The van der Waals surface area contributed by atoms with E-state index in [1.54, 1.807) is 11.1 Å². The van der Waals surface area contributed by atoms with Crippen LogP contribution in [0.1, 0.15) is 6.42 Å². The number of nitrogens with two attached hydrogens (primary N) is 1. The molecule has 0 aromatic carbocycles. The highest BCUT2D eigenvalue weighted by Crippen LogP contribution is 2.17. The van der Waals surface area contributed by atoms with E-state index in [1.807, 2.05) is 12.2 Å². The van der Waals surface area contributed by atoms with E-state index in [0.717, 1.165) is 18.7 Å². The molecule has 2 rings (SSSR count). The van der Waals surface area contributed by atoms with E-state index in [9.17, 15) is 4.79 Å². The van der Waals surface area contributed by atoms with E-state index in [0.29, 0.717) is 25.1 Å². The molecule has 1 aliphatic carbocycles. The summed E-state index contributed by atoms with van der Waals surface area (Å²) in [4.78, 5) is 12.4. The topological polar surface area (TPSA) is 85.5 Å². The van der Waals surface area contributed by atoms with Crippen LogP contribution in [0.5, 0.6) is 0 Å². The molecular weight excluding hydrogens is 242 g/mol. The summed E-state index contributed by atoms with van der Waals surface area (Å²) in [5.41, 5.74) is 7.08. The quantitative estimate of drug-likeness (QED) is 0.481. The Morgan fingerprint density at radius 1 is 1.42 bits per heavy atom. The van der Waals surface area contributed by atoms with E-state index < -0.39 is 0 Å². The van der Waals surface area contributed by atoms with Crippen molar-refractivity contribution in [2.45, 2.75) is 6.42 Å². The summed E-state index contributed by atoms with van der Waals surface area (Å²) in [6.45, 7) is 6.72. The zero-order valence-corrected chi connectivity index (χ0v) is 10.9. The van der Waals surface area contributed by atoms with Crippen molar-refractivity contribution in [2.24, 2.45) is 5.73 Å². The lowest BCUT2D eigenvalue weighted by molar-refractivity contribution is -0.135. The number of allylic oxidation sites excluding steroid dienone is 3. The molecule has 102 valence electrons. The van der Waals surface area contributed by atoms with Gasteiger partial charge in [-0.2, -0.15) is 0 Å². The molecule has 1 fully saturated rings. The highest BCUT2D eigenvalue weighted by Gasteiger charge is 2.27. The molecule has 2 aliphatic rings. The minimum atomic E-state index is -0.252. The molecule has 0 saturated carbocycles. The second-order valence-corrected chi connectivity index (χ2v) is 4.56. The summed E-state index contributed by atoms with van der Waals surface area (Å²) in [7, 11) is 0. The molecule has 19 heavy (non-hydrogen) atoms. The standard InChI is InChI=1S/C13H19N5O/c1-10-2-4-11(5-3-10)12(19)18(13(14)15)17-8-6-16-7-9-17/h2,4-5,16H,1,3,6-9H2,(H3,14,15). The highest BCUT2D eigenvalue weighted by atomic mass is 16.2. The molecule has 6 nitrogen and oxygen atoms in total. The molecule has 0 radical (unpaired) electrons. The van der Waals surface area contributed by atoms with E-state index in [2.05, 4.69) is 11.9 Å². The number of carbonyl (C=O) groups excluding carboxylic acids is 1. The molecule has 1 heterocycles. The average molecular weight is 261 g/mol. The number of carbonyl (C=O) groups is 1. The van der Waals surface area contributed by atoms with Gasteiger partial charge in [-0.25, -0.2) is 10.0 Å². The monoisotopic (exact) mass is 261 g/mol. The van der Waals surface area contributed by atoms with Crippen LogP contribution in [0.3, 0.4) is 0 Å².